The maximum Gasteiger partial charge on any atom is 0.300 e. The number of anilines is 1. The van der Waals surface area contributed by atoms with E-state index in [2.05, 4.69) is 0 Å². The summed E-state index contributed by atoms with van der Waals surface area (Å²) < 4.78 is 24.3. The van der Waals surface area contributed by atoms with Crippen LogP contribution in [0.2, 0.25) is 0 Å². The summed E-state index contributed by atoms with van der Waals surface area (Å²) in [5.41, 5.74) is 1.08. The predicted molar refractivity (Wildman–Crippen MR) is 117 cm³/mol. The van der Waals surface area contributed by atoms with Crippen LogP contribution < -0.4 is 14.4 Å². The first-order valence-corrected chi connectivity index (χ1v) is 9.80. The number of methoxy groups -OCH3 is 2. The highest BCUT2D eigenvalue weighted by atomic mass is 19.1. The van der Waals surface area contributed by atoms with Crippen LogP contribution in [0.15, 0.2) is 78.4 Å². The highest BCUT2D eigenvalue weighted by molar-refractivity contribution is 6.51. The number of aliphatic hydroxyl groups is 1. The zero-order valence-electron chi connectivity index (χ0n) is 17.4. The first kappa shape index (κ1) is 21.1. The molecule has 1 atom stereocenters. The van der Waals surface area contributed by atoms with Crippen LogP contribution in [0.4, 0.5) is 10.1 Å². The molecule has 0 saturated carbocycles. The van der Waals surface area contributed by atoms with Gasteiger partial charge in [0.15, 0.2) is 0 Å². The number of ketones is 1. The number of rotatable bonds is 5. The molecule has 162 valence electrons. The molecule has 0 spiro atoms. The van der Waals surface area contributed by atoms with Gasteiger partial charge in [-0.05, 0) is 36.4 Å². The van der Waals surface area contributed by atoms with Crippen LogP contribution in [0, 0.1) is 5.82 Å². The highest BCUT2D eigenvalue weighted by Gasteiger charge is 2.48. The first-order valence-electron chi connectivity index (χ1n) is 9.80. The minimum atomic E-state index is -0.999. The lowest BCUT2D eigenvalue weighted by Gasteiger charge is -2.27. The Balaban J connectivity index is 1.99. The second kappa shape index (κ2) is 8.55. The number of hydrogen-bond donors (Lipinski definition) is 1. The van der Waals surface area contributed by atoms with Crippen molar-refractivity contribution in [3.8, 4) is 11.5 Å². The standard InChI is InChI=1S/C25H20FNO5/c1-31-18-12-13-19(20(14-18)32-2)22-21(23(28)15-6-4-3-5-7-15)24(29)25(30)27(22)17-10-8-16(26)9-11-17/h3-14,22,28H,1-2H3. The fraction of sp³-hybridized carbons (Fsp3) is 0.120. The van der Waals surface area contributed by atoms with Gasteiger partial charge in [0.05, 0.1) is 25.8 Å². The number of Topliss-reactive ketones (excluding diaryl/α,β-unsaturated/α-hetero) is 1. The second-order valence-electron chi connectivity index (χ2n) is 7.12. The Kier molecular flexibility index (Phi) is 5.64. The monoisotopic (exact) mass is 433 g/mol. The molecule has 0 radical (unpaired) electrons. The van der Waals surface area contributed by atoms with Gasteiger partial charge in [0, 0.05) is 22.9 Å². The van der Waals surface area contributed by atoms with E-state index in [1.165, 1.54) is 43.4 Å². The van der Waals surface area contributed by atoms with E-state index in [1.54, 1.807) is 48.5 Å². The molecule has 3 aromatic rings. The summed E-state index contributed by atoms with van der Waals surface area (Å²) in [5.74, 6) is -1.59. The van der Waals surface area contributed by atoms with Crippen molar-refractivity contribution in [3.05, 3.63) is 95.3 Å². The zero-order chi connectivity index (χ0) is 22.8. The Morgan fingerprint density at radius 3 is 2.25 bits per heavy atom. The number of amides is 1. The van der Waals surface area contributed by atoms with E-state index in [0.29, 0.717) is 28.3 Å². The molecule has 0 aliphatic carbocycles. The smallest absolute Gasteiger partial charge is 0.300 e. The molecule has 1 aliphatic heterocycles. The molecule has 1 amide bonds. The van der Waals surface area contributed by atoms with Crippen LogP contribution in [-0.4, -0.2) is 31.0 Å². The average molecular weight is 433 g/mol. The molecule has 32 heavy (non-hydrogen) atoms. The summed E-state index contributed by atoms with van der Waals surface area (Å²) in [6.07, 6.45) is 0. The SMILES string of the molecule is COc1ccc(C2C(=C(O)c3ccccc3)C(=O)C(=O)N2c2ccc(F)cc2)c(OC)c1. The van der Waals surface area contributed by atoms with E-state index in [1.807, 2.05) is 0 Å². The van der Waals surface area contributed by atoms with Crippen LogP contribution in [0.5, 0.6) is 11.5 Å². The largest absolute Gasteiger partial charge is 0.507 e. The van der Waals surface area contributed by atoms with Gasteiger partial charge in [0.2, 0.25) is 0 Å². The van der Waals surface area contributed by atoms with Gasteiger partial charge in [-0.15, -0.1) is 0 Å². The van der Waals surface area contributed by atoms with Crippen molar-refractivity contribution in [1.29, 1.82) is 0 Å². The van der Waals surface area contributed by atoms with Gasteiger partial charge < -0.3 is 14.6 Å². The van der Waals surface area contributed by atoms with Gasteiger partial charge in [-0.2, -0.15) is 0 Å². The summed E-state index contributed by atoms with van der Waals surface area (Å²) in [5, 5.41) is 11.1. The van der Waals surface area contributed by atoms with E-state index in [9.17, 15) is 19.1 Å². The predicted octanol–water partition coefficient (Wildman–Crippen LogP) is 4.47. The molecular formula is C25H20FNO5. The number of halogens is 1. The van der Waals surface area contributed by atoms with Crippen molar-refractivity contribution in [2.75, 3.05) is 19.1 Å². The Morgan fingerprint density at radius 1 is 0.938 bits per heavy atom. The molecule has 3 aromatic carbocycles. The first-order chi connectivity index (χ1) is 15.5. The normalized spacial score (nSPS) is 17.5. The quantitative estimate of drug-likeness (QED) is 0.365. The fourth-order valence-corrected chi connectivity index (χ4v) is 3.79. The number of hydrogen-bond acceptors (Lipinski definition) is 5. The lowest BCUT2D eigenvalue weighted by atomic mass is 9.94. The van der Waals surface area contributed by atoms with Crippen molar-refractivity contribution < 1.29 is 28.6 Å². The Morgan fingerprint density at radius 2 is 1.62 bits per heavy atom. The van der Waals surface area contributed by atoms with Crippen LogP contribution >= 0.6 is 0 Å². The van der Waals surface area contributed by atoms with Crippen molar-refractivity contribution in [3.63, 3.8) is 0 Å². The molecule has 7 heteroatoms. The Bertz CT molecular complexity index is 1200. The van der Waals surface area contributed by atoms with Crippen LogP contribution in [0.25, 0.3) is 5.76 Å². The van der Waals surface area contributed by atoms with Crippen molar-refractivity contribution in [2.24, 2.45) is 0 Å². The highest BCUT2D eigenvalue weighted by Crippen LogP contribution is 2.45. The molecule has 1 unspecified atom stereocenters. The van der Waals surface area contributed by atoms with Crippen molar-refractivity contribution in [1.82, 2.24) is 0 Å². The molecule has 1 N–H and O–H groups in total. The van der Waals surface area contributed by atoms with Crippen LogP contribution in [0.3, 0.4) is 0 Å². The average Bonchev–Trinajstić information content (AvgIpc) is 3.09. The number of ether oxygens (including phenoxy) is 2. The molecule has 4 rings (SSSR count). The molecule has 0 bridgehead atoms. The fourth-order valence-electron chi connectivity index (χ4n) is 3.79. The third-order valence-electron chi connectivity index (χ3n) is 5.33. The maximum atomic E-state index is 13.5. The summed E-state index contributed by atoms with van der Waals surface area (Å²) in [6, 6.07) is 17.7. The molecule has 1 heterocycles. The van der Waals surface area contributed by atoms with Gasteiger partial charge in [0.25, 0.3) is 11.7 Å². The van der Waals surface area contributed by atoms with E-state index in [0.717, 1.165) is 0 Å². The summed E-state index contributed by atoms with van der Waals surface area (Å²) >= 11 is 0. The third-order valence-corrected chi connectivity index (χ3v) is 5.33. The molecular weight excluding hydrogens is 413 g/mol. The van der Waals surface area contributed by atoms with Crippen LogP contribution in [0.1, 0.15) is 17.2 Å². The van der Waals surface area contributed by atoms with Crippen molar-refractivity contribution >= 4 is 23.1 Å². The summed E-state index contributed by atoms with van der Waals surface area (Å²) in [7, 11) is 2.97. The lowest BCUT2D eigenvalue weighted by Crippen LogP contribution is -2.29. The van der Waals surface area contributed by atoms with E-state index in [-0.39, 0.29) is 11.3 Å². The summed E-state index contributed by atoms with van der Waals surface area (Å²) in [4.78, 5) is 27.5. The topological polar surface area (TPSA) is 76.1 Å². The minimum absolute atomic E-state index is 0.0889. The van der Waals surface area contributed by atoms with Gasteiger partial charge in [-0.25, -0.2) is 4.39 Å². The Hall–Kier alpha value is -4.13. The number of aliphatic hydroxyl groups excluding tert-OH is 1. The second-order valence-corrected chi connectivity index (χ2v) is 7.12. The number of carbonyl (C=O) groups is 2. The number of benzene rings is 3. The lowest BCUT2D eigenvalue weighted by molar-refractivity contribution is -0.132. The summed E-state index contributed by atoms with van der Waals surface area (Å²) in [6.45, 7) is 0. The van der Waals surface area contributed by atoms with Crippen LogP contribution in [-0.2, 0) is 9.59 Å². The van der Waals surface area contributed by atoms with E-state index in [4.69, 9.17) is 9.47 Å². The molecule has 1 aliphatic rings. The van der Waals surface area contributed by atoms with Gasteiger partial charge >= 0.3 is 0 Å². The van der Waals surface area contributed by atoms with Crippen molar-refractivity contribution in [2.45, 2.75) is 6.04 Å². The minimum Gasteiger partial charge on any atom is -0.507 e. The molecule has 6 nitrogen and oxygen atoms in total. The van der Waals surface area contributed by atoms with Gasteiger partial charge in [0.1, 0.15) is 23.1 Å². The number of carbonyl (C=O) groups excluding carboxylic acids is 2. The molecule has 0 aromatic heterocycles. The number of nitrogens with zero attached hydrogens (tertiary/aromatic N) is 1. The van der Waals surface area contributed by atoms with E-state index < -0.39 is 23.5 Å². The zero-order valence-corrected chi connectivity index (χ0v) is 17.4. The molecule has 1 saturated heterocycles. The van der Waals surface area contributed by atoms with Gasteiger partial charge in [-0.1, -0.05) is 30.3 Å². The Labute approximate surface area is 184 Å². The third kappa shape index (κ3) is 3.58. The maximum absolute atomic E-state index is 13.5. The van der Waals surface area contributed by atoms with Gasteiger partial charge in [-0.3, -0.25) is 14.5 Å². The molecule has 1 fully saturated rings. The van der Waals surface area contributed by atoms with E-state index >= 15 is 0 Å².